The third-order valence-corrected chi connectivity index (χ3v) is 2.24. The normalized spacial score (nSPS) is 13.6. The van der Waals surface area contributed by atoms with Crippen LogP contribution in [0.4, 0.5) is 8.78 Å². The van der Waals surface area contributed by atoms with Crippen molar-refractivity contribution in [3.8, 4) is 11.5 Å². The van der Waals surface area contributed by atoms with Crippen LogP contribution >= 0.6 is 0 Å². The molecule has 1 aromatic rings. The molecule has 0 saturated carbocycles. The first kappa shape index (κ1) is 12.7. The first-order valence-electron chi connectivity index (χ1n) is 4.53. The molecule has 0 spiro atoms. The lowest BCUT2D eigenvalue weighted by atomic mass is 10.0. The van der Waals surface area contributed by atoms with Crippen molar-refractivity contribution in [2.45, 2.75) is 12.0 Å². The van der Waals surface area contributed by atoms with E-state index < -0.39 is 18.6 Å². The van der Waals surface area contributed by atoms with Crippen LogP contribution in [0, 0.1) is 0 Å². The summed E-state index contributed by atoms with van der Waals surface area (Å²) in [6.45, 7) is -1.38. The van der Waals surface area contributed by atoms with Crippen LogP contribution in [0.25, 0.3) is 0 Å². The van der Waals surface area contributed by atoms with Gasteiger partial charge in [-0.2, -0.15) is 0 Å². The molecule has 0 bridgehead atoms. The molecule has 4 nitrogen and oxygen atoms in total. The van der Waals surface area contributed by atoms with Crippen molar-refractivity contribution in [1.29, 1.82) is 0 Å². The number of aliphatic hydroxyl groups is 1. The number of halogens is 2. The van der Waals surface area contributed by atoms with Crippen LogP contribution in [-0.4, -0.2) is 29.9 Å². The van der Waals surface area contributed by atoms with Crippen molar-refractivity contribution >= 4 is 0 Å². The number of aliphatic hydroxyl groups excluding tert-OH is 1. The Labute approximate surface area is 91.3 Å². The number of hydrogen-bond acceptors (Lipinski definition) is 4. The standard InChI is InChI=1S/C10H13F2NO3/c1-16-6-2-3-7(8(15)4-6)9(13)10(11,12)5-14/h2-4,9,14-15H,5,13H2,1H3/t9-/m0/s1. The number of benzene rings is 1. The van der Waals surface area contributed by atoms with Crippen molar-refractivity contribution in [2.75, 3.05) is 13.7 Å². The second-order valence-corrected chi connectivity index (χ2v) is 3.32. The Morgan fingerprint density at radius 2 is 2.12 bits per heavy atom. The fraction of sp³-hybridized carbons (Fsp3) is 0.400. The second kappa shape index (κ2) is 4.63. The van der Waals surface area contributed by atoms with Gasteiger partial charge in [-0.05, 0) is 12.1 Å². The molecule has 0 aromatic heterocycles. The molecule has 4 N–H and O–H groups in total. The maximum atomic E-state index is 13.1. The number of phenols is 1. The number of ether oxygens (including phenoxy) is 1. The summed E-state index contributed by atoms with van der Waals surface area (Å²) in [6, 6.07) is 2.07. The largest absolute Gasteiger partial charge is 0.507 e. The van der Waals surface area contributed by atoms with E-state index in [0.29, 0.717) is 5.75 Å². The zero-order valence-corrected chi connectivity index (χ0v) is 8.65. The highest BCUT2D eigenvalue weighted by Gasteiger charge is 2.38. The fourth-order valence-corrected chi connectivity index (χ4v) is 1.24. The zero-order chi connectivity index (χ0) is 12.3. The van der Waals surface area contributed by atoms with E-state index in [9.17, 15) is 13.9 Å². The number of nitrogens with two attached hydrogens (primary N) is 1. The number of phenolic OH excluding ortho intramolecular Hbond substituents is 1. The monoisotopic (exact) mass is 233 g/mol. The van der Waals surface area contributed by atoms with Gasteiger partial charge in [0.2, 0.25) is 0 Å². The Hall–Kier alpha value is -1.40. The van der Waals surface area contributed by atoms with Gasteiger partial charge in [0.1, 0.15) is 24.1 Å². The van der Waals surface area contributed by atoms with Gasteiger partial charge in [-0.3, -0.25) is 0 Å². The van der Waals surface area contributed by atoms with Crippen molar-refractivity contribution in [1.82, 2.24) is 0 Å². The van der Waals surface area contributed by atoms with Crippen molar-refractivity contribution < 1.29 is 23.7 Å². The maximum absolute atomic E-state index is 13.1. The number of hydrogen-bond donors (Lipinski definition) is 3. The topological polar surface area (TPSA) is 75.7 Å². The predicted octanol–water partition coefficient (Wildman–Crippen LogP) is 1.03. The summed E-state index contributed by atoms with van der Waals surface area (Å²) in [5.41, 5.74) is 5.13. The lowest BCUT2D eigenvalue weighted by molar-refractivity contribution is -0.0716. The van der Waals surface area contributed by atoms with Gasteiger partial charge >= 0.3 is 0 Å². The number of alkyl halides is 2. The minimum atomic E-state index is -3.48. The molecule has 0 amide bonds. The first-order valence-corrected chi connectivity index (χ1v) is 4.53. The van der Waals surface area contributed by atoms with E-state index in [0.717, 1.165) is 0 Å². The molecule has 1 rings (SSSR count). The van der Waals surface area contributed by atoms with Crippen LogP contribution in [-0.2, 0) is 0 Å². The SMILES string of the molecule is COc1ccc([C@H](N)C(F)(F)CO)c(O)c1. The van der Waals surface area contributed by atoms with Crippen LogP contribution in [0.1, 0.15) is 11.6 Å². The summed E-state index contributed by atoms with van der Waals surface area (Å²) in [5, 5.41) is 18.0. The summed E-state index contributed by atoms with van der Waals surface area (Å²) in [6.07, 6.45) is 0. The number of methoxy groups -OCH3 is 1. The summed E-state index contributed by atoms with van der Waals surface area (Å²) in [5.74, 6) is -3.53. The molecule has 16 heavy (non-hydrogen) atoms. The molecule has 0 fully saturated rings. The molecule has 0 saturated heterocycles. The Morgan fingerprint density at radius 1 is 1.50 bits per heavy atom. The van der Waals surface area contributed by atoms with Gasteiger partial charge < -0.3 is 20.7 Å². The van der Waals surface area contributed by atoms with Gasteiger partial charge in [-0.25, -0.2) is 8.78 Å². The van der Waals surface area contributed by atoms with E-state index in [2.05, 4.69) is 0 Å². The van der Waals surface area contributed by atoms with Gasteiger partial charge in [-0.15, -0.1) is 0 Å². The lowest BCUT2D eigenvalue weighted by Gasteiger charge is -2.22. The zero-order valence-electron chi connectivity index (χ0n) is 8.65. The quantitative estimate of drug-likeness (QED) is 0.726. The van der Waals surface area contributed by atoms with E-state index in [4.69, 9.17) is 15.6 Å². The average molecular weight is 233 g/mol. The second-order valence-electron chi connectivity index (χ2n) is 3.32. The molecule has 0 aliphatic carbocycles. The molecular weight excluding hydrogens is 220 g/mol. The number of aromatic hydroxyl groups is 1. The Kier molecular flexibility index (Phi) is 3.66. The third-order valence-electron chi connectivity index (χ3n) is 2.24. The van der Waals surface area contributed by atoms with Crippen LogP contribution in [0.5, 0.6) is 11.5 Å². The molecule has 0 unspecified atom stereocenters. The summed E-state index contributed by atoms with van der Waals surface area (Å²) in [4.78, 5) is 0. The van der Waals surface area contributed by atoms with E-state index >= 15 is 0 Å². The molecule has 0 aliphatic heterocycles. The summed E-state index contributed by atoms with van der Waals surface area (Å²) in [7, 11) is 1.39. The number of rotatable bonds is 4. The summed E-state index contributed by atoms with van der Waals surface area (Å²) < 4.78 is 31.0. The molecule has 0 radical (unpaired) electrons. The molecular formula is C10H13F2NO3. The third kappa shape index (κ3) is 2.40. The van der Waals surface area contributed by atoms with E-state index in [-0.39, 0.29) is 11.3 Å². The highest BCUT2D eigenvalue weighted by atomic mass is 19.3. The Bertz CT molecular complexity index is 371. The highest BCUT2D eigenvalue weighted by Crippen LogP contribution is 2.35. The van der Waals surface area contributed by atoms with E-state index in [1.165, 1.54) is 25.3 Å². The Balaban J connectivity index is 3.05. The van der Waals surface area contributed by atoms with Gasteiger partial charge in [-0.1, -0.05) is 0 Å². The Morgan fingerprint density at radius 3 is 2.56 bits per heavy atom. The predicted molar refractivity (Wildman–Crippen MR) is 53.6 cm³/mol. The van der Waals surface area contributed by atoms with Gasteiger partial charge in [0, 0.05) is 11.6 Å². The van der Waals surface area contributed by atoms with Gasteiger partial charge in [0.05, 0.1) is 7.11 Å². The molecule has 6 heteroatoms. The maximum Gasteiger partial charge on any atom is 0.289 e. The molecule has 1 aromatic carbocycles. The van der Waals surface area contributed by atoms with Gasteiger partial charge in [0.15, 0.2) is 0 Å². The van der Waals surface area contributed by atoms with Crippen molar-refractivity contribution in [3.05, 3.63) is 23.8 Å². The molecule has 0 aliphatic rings. The summed E-state index contributed by atoms with van der Waals surface area (Å²) >= 11 is 0. The van der Waals surface area contributed by atoms with Gasteiger partial charge in [0.25, 0.3) is 5.92 Å². The van der Waals surface area contributed by atoms with E-state index in [1.807, 2.05) is 0 Å². The highest BCUT2D eigenvalue weighted by molar-refractivity contribution is 5.42. The molecule has 1 atom stereocenters. The minimum absolute atomic E-state index is 0.139. The van der Waals surface area contributed by atoms with Crippen LogP contribution in [0.15, 0.2) is 18.2 Å². The average Bonchev–Trinajstić information content (AvgIpc) is 2.28. The molecule has 90 valence electrons. The smallest absolute Gasteiger partial charge is 0.289 e. The van der Waals surface area contributed by atoms with Crippen LogP contribution < -0.4 is 10.5 Å². The van der Waals surface area contributed by atoms with E-state index in [1.54, 1.807) is 0 Å². The van der Waals surface area contributed by atoms with Crippen LogP contribution in [0.2, 0.25) is 0 Å². The van der Waals surface area contributed by atoms with Crippen molar-refractivity contribution in [2.24, 2.45) is 5.73 Å². The molecule has 0 heterocycles. The minimum Gasteiger partial charge on any atom is -0.507 e. The lowest BCUT2D eigenvalue weighted by Crippen LogP contribution is -2.36. The first-order chi connectivity index (χ1) is 7.42. The van der Waals surface area contributed by atoms with Crippen molar-refractivity contribution in [3.63, 3.8) is 0 Å². The fourth-order valence-electron chi connectivity index (χ4n) is 1.24. The van der Waals surface area contributed by atoms with Crippen LogP contribution in [0.3, 0.4) is 0 Å².